The van der Waals surface area contributed by atoms with Crippen molar-refractivity contribution in [3.05, 3.63) is 16.6 Å². The zero-order valence-corrected chi connectivity index (χ0v) is 9.30. The molecule has 0 aliphatic rings. The molecule has 14 heavy (non-hydrogen) atoms. The van der Waals surface area contributed by atoms with Crippen molar-refractivity contribution in [3.8, 4) is 0 Å². The number of rotatable bonds is 5. The highest BCUT2D eigenvalue weighted by molar-refractivity contribution is 7.09. The number of carbonyl (C=O) groups is 1. The molecule has 3 nitrogen and oxygen atoms in total. The van der Waals surface area contributed by atoms with Gasteiger partial charge in [0.1, 0.15) is 5.60 Å². The quantitative estimate of drug-likeness (QED) is 0.811. The predicted molar refractivity (Wildman–Crippen MR) is 56.4 cm³/mol. The topological polar surface area (TPSA) is 50.2 Å². The molecule has 4 heteroatoms. The lowest BCUT2D eigenvalue weighted by atomic mass is 9.90. The van der Waals surface area contributed by atoms with Crippen LogP contribution in [0.1, 0.15) is 31.6 Å². The summed E-state index contributed by atoms with van der Waals surface area (Å²) in [6, 6.07) is 0. The summed E-state index contributed by atoms with van der Waals surface area (Å²) in [5.41, 5.74) is 0.545. The molecular formula is C10H15NO2S. The van der Waals surface area contributed by atoms with Crippen molar-refractivity contribution in [3.63, 3.8) is 0 Å². The molecule has 0 spiro atoms. The van der Waals surface area contributed by atoms with E-state index in [4.69, 9.17) is 0 Å². The number of hydrogen-bond acceptors (Lipinski definition) is 4. The van der Waals surface area contributed by atoms with E-state index >= 15 is 0 Å². The van der Waals surface area contributed by atoms with E-state index < -0.39 is 5.60 Å². The third-order valence-corrected chi connectivity index (χ3v) is 3.29. The van der Waals surface area contributed by atoms with Gasteiger partial charge in [0.05, 0.1) is 5.51 Å². The van der Waals surface area contributed by atoms with Gasteiger partial charge < -0.3 is 5.11 Å². The zero-order valence-electron chi connectivity index (χ0n) is 8.49. The van der Waals surface area contributed by atoms with Crippen LogP contribution < -0.4 is 0 Å². The van der Waals surface area contributed by atoms with E-state index in [1.807, 2.05) is 13.8 Å². The highest BCUT2D eigenvalue weighted by Crippen LogP contribution is 2.19. The summed E-state index contributed by atoms with van der Waals surface area (Å²) in [7, 11) is 0. The number of aliphatic hydroxyl groups is 1. The molecule has 0 saturated heterocycles. The zero-order chi connectivity index (χ0) is 10.6. The molecular weight excluding hydrogens is 198 g/mol. The highest BCUT2D eigenvalue weighted by Gasteiger charge is 2.31. The molecule has 0 bridgehead atoms. The molecule has 0 aromatic carbocycles. The summed E-state index contributed by atoms with van der Waals surface area (Å²) in [6.45, 7) is 3.65. The number of ketones is 1. The number of thiazole rings is 1. The van der Waals surface area contributed by atoms with Crippen molar-refractivity contribution in [1.29, 1.82) is 0 Å². The summed E-state index contributed by atoms with van der Waals surface area (Å²) in [5.74, 6) is -0.105. The Balaban J connectivity index is 2.66. The van der Waals surface area contributed by atoms with E-state index in [1.54, 1.807) is 11.7 Å². The van der Waals surface area contributed by atoms with Gasteiger partial charge in [-0.2, -0.15) is 0 Å². The van der Waals surface area contributed by atoms with Gasteiger partial charge in [0.2, 0.25) is 0 Å². The maximum Gasteiger partial charge on any atom is 0.169 e. The minimum Gasteiger partial charge on any atom is -0.382 e. The van der Waals surface area contributed by atoms with Crippen molar-refractivity contribution < 1.29 is 9.90 Å². The van der Waals surface area contributed by atoms with Crippen LogP contribution in [0, 0.1) is 0 Å². The minimum atomic E-state index is -1.15. The van der Waals surface area contributed by atoms with Gasteiger partial charge in [0.25, 0.3) is 0 Å². The largest absolute Gasteiger partial charge is 0.382 e. The normalized spacial score (nSPS) is 11.6. The van der Waals surface area contributed by atoms with Crippen LogP contribution in [-0.4, -0.2) is 21.5 Å². The fraction of sp³-hybridized carbons (Fsp3) is 0.600. The summed E-state index contributed by atoms with van der Waals surface area (Å²) in [5, 5.41) is 9.93. The molecule has 0 amide bonds. The number of hydrogen-bond donors (Lipinski definition) is 1. The summed E-state index contributed by atoms with van der Waals surface area (Å²) < 4.78 is 0. The predicted octanol–water partition coefficient (Wildman–Crippen LogP) is 1.81. The lowest BCUT2D eigenvalue weighted by Crippen LogP contribution is -2.38. The molecule has 0 unspecified atom stereocenters. The molecule has 1 N–H and O–H groups in total. The smallest absolute Gasteiger partial charge is 0.169 e. The molecule has 1 aromatic rings. The molecule has 0 radical (unpaired) electrons. The Hall–Kier alpha value is -0.740. The molecule has 1 heterocycles. The lowest BCUT2D eigenvalue weighted by Gasteiger charge is -2.22. The second-order valence-electron chi connectivity index (χ2n) is 3.31. The first kappa shape index (κ1) is 11.3. The van der Waals surface area contributed by atoms with Gasteiger partial charge in [0, 0.05) is 17.5 Å². The monoisotopic (exact) mass is 213 g/mol. The number of carbonyl (C=O) groups excluding carboxylic acids is 1. The van der Waals surface area contributed by atoms with E-state index in [1.165, 1.54) is 11.3 Å². The van der Waals surface area contributed by atoms with Gasteiger partial charge in [-0.15, -0.1) is 11.3 Å². The van der Waals surface area contributed by atoms with E-state index in [9.17, 15) is 9.90 Å². The first-order chi connectivity index (χ1) is 6.62. The SMILES string of the molecule is CCC(O)(CC)C(=O)Cc1cncs1. The third-order valence-electron chi connectivity index (χ3n) is 2.51. The Morgan fingerprint density at radius 3 is 2.64 bits per heavy atom. The first-order valence-electron chi connectivity index (χ1n) is 4.75. The van der Waals surface area contributed by atoms with Crippen LogP contribution in [0.3, 0.4) is 0 Å². The molecule has 0 atom stereocenters. The van der Waals surface area contributed by atoms with Crippen LogP contribution in [0.25, 0.3) is 0 Å². The van der Waals surface area contributed by atoms with Gasteiger partial charge in [-0.1, -0.05) is 13.8 Å². The molecule has 0 aliphatic carbocycles. The summed E-state index contributed by atoms with van der Waals surface area (Å²) >= 11 is 1.45. The average Bonchev–Trinajstić information content (AvgIpc) is 2.69. The Labute approximate surface area is 87.8 Å². The van der Waals surface area contributed by atoms with Crippen LogP contribution in [0.15, 0.2) is 11.7 Å². The van der Waals surface area contributed by atoms with E-state index in [0.717, 1.165) is 4.88 Å². The van der Waals surface area contributed by atoms with Crippen molar-refractivity contribution in [1.82, 2.24) is 4.98 Å². The Morgan fingerprint density at radius 1 is 1.57 bits per heavy atom. The van der Waals surface area contributed by atoms with Crippen LogP contribution >= 0.6 is 11.3 Å². The Kier molecular flexibility index (Phi) is 3.77. The maximum absolute atomic E-state index is 11.7. The number of aromatic nitrogens is 1. The van der Waals surface area contributed by atoms with Crippen LogP contribution in [0.4, 0.5) is 0 Å². The first-order valence-corrected chi connectivity index (χ1v) is 5.63. The van der Waals surface area contributed by atoms with E-state index in [0.29, 0.717) is 19.3 Å². The van der Waals surface area contributed by atoms with Crippen LogP contribution in [-0.2, 0) is 11.2 Å². The minimum absolute atomic E-state index is 0.105. The van der Waals surface area contributed by atoms with E-state index in [-0.39, 0.29) is 5.78 Å². The summed E-state index contributed by atoms with van der Waals surface area (Å²) in [6.07, 6.45) is 2.92. The molecule has 1 rings (SSSR count). The van der Waals surface area contributed by atoms with Gasteiger partial charge in [-0.05, 0) is 12.8 Å². The number of Topliss-reactive ketones (excluding diaryl/α,β-unsaturated/α-hetero) is 1. The Morgan fingerprint density at radius 2 is 2.21 bits per heavy atom. The number of nitrogens with zero attached hydrogens (tertiary/aromatic N) is 1. The fourth-order valence-corrected chi connectivity index (χ4v) is 1.89. The van der Waals surface area contributed by atoms with Gasteiger partial charge in [0.15, 0.2) is 5.78 Å². The molecule has 0 saturated carbocycles. The highest BCUT2D eigenvalue weighted by atomic mass is 32.1. The third kappa shape index (κ3) is 2.39. The van der Waals surface area contributed by atoms with Crippen molar-refractivity contribution in [2.45, 2.75) is 38.7 Å². The van der Waals surface area contributed by atoms with Gasteiger partial charge >= 0.3 is 0 Å². The molecule has 0 fully saturated rings. The second kappa shape index (κ2) is 4.66. The van der Waals surface area contributed by atoms with Crippen molar-refractivity contribution >= 4 is 17.1 Å². The lowest BCUT2D eigenvalue weighted by molar-refractivity contribution is -0.137. The molecule has 1 aromatic heterocycles. The van der Waals surface area contributed by atoms with Crippen molar-refractivity contribution in [2.24, 2.45) is 0 Å². The fourth-order valence-electron chi connectivity index (χ4n) is 1.30. The van der Waals surface area contributed by atoms with Gasteiger partial charge in [-0.25, -0.2) is 0 Å². The molecule has 78 valence electrons. The average molecular weight is 213 g/mol. The standard InChI is InChI=1S/C10H15NO2S/c1-3-10(13,4-2)9(12)5-8-6-11-7-14-8/h6-7,13H,3-5H2,1-2H3. The van der Waals surface area contributed by atoms with Crippen LogP contribution in [0.2, 0.25) is 0 Å². The summed E-state index contributed by atoms with van der Waals surface area (Å²) in [4.78, 5) is 16.5. The maximum atomic E-state index is 11.7. The van der Waals surface area contributed by atoms with E-state index in [2.05, 4.69) is 4.98 Å². The molecule has 0 aliphatic heterocycles. The van der Waals surface area contributed by atoms with Crippen LogP contribution in [0.5, 0.6) is 0 Å². The second-order valence-corrected chi connectivity index (χ2v) is 4.28. The van der Waals surface area contributed by atoms with Gasteiger partial charge in [-0.3, -0.25) is 9.78 Å². The Bertz CT molecular complexity index is 291. The van der Waals surface area contributed by atoms with Crippen molar-refractivity contribution in [2.75, 3.05) is 0 Å².